The van der Waals surface area contributed by atoms with Crippen LogP contribution in [0.4, 0.5) is 9.59 Å². The Bertz CT molecular complexity index is 4360. The van der Waals surface area contributed by atoms with E-state index >= 15 is 0 Å². The maximum absolute atomic E-state index is 11.9. The zero-order chi connectivity index (χ0) is 102. The first kappa shape index (κ1) is 120. The lowest BCUT2D eigenvalue weighted by Gasteiger charge is -2.28. The third-order valence-corrected chi connectivity index (χ3v) is 19.6. The molecule has 0 spiro atoms. The Kier molecular flexibility index (Phi) is 57.8. The van der Waals surface area contributed by atoms with E-state index in [1.165, 1.54) is 27.7 Å². The molecular formula is C103H144N2O30. The summed E-state index contributed by atoms with van der Waals surface area (Å²) in [6.45, 7) is 60.7. The van der Waals surface area contributed by atoms with Gasteiger partial charge in [0.15, 0.2) is 0 Å². The number of aliphatic hydroxyl groups is 2. The van der Waals surface area contributed by atoms with Crippen LogP contribution < -0.4 is 29.6 Å². The molecular weight excluding hydrogens is 1750 g/mol. The Morgan fingerprint density at radius 1 is 0.296 bits per heavy atom. The average Bonchev–Trinajstić information content (AvgIpc) is 0.806. The topological polar surface area (TPSA) is 417 Å². The van der Waals surface area contributed by atoms with E-state index in [2.05, 4.69) is 126 Å². The maximum Gasteiger partial charge on any atom is 0.407 e. The van der Waals surface area contributed by atoms with Gasteiger partial charge in [0.1, 0.15) is 141 Å². The van der Waals surface area contributed by atoms with Gasteiger partial charge in [-0.05, 0) is 188 Å². The molecule has 4 N–H and O–H groups in total. The van der Waals surface area contributed by atoms with Gasteiger partial charge in [0.25, 0.3) is 0 Å². The fourth-order valence-corrected chi connectivity index (χ4v) is 11.7. The van der Waals surface area contributed by atoms with Crippen LogP contribution >= 0.6 is 0 Å². The van der Waals surface area contributed by atoms with Crippen LogP contribution in [0.5, 0.6) is 23.0 Å². The molecule has 746 valence electrons. The Morgan fingerprint density at radius 2 is 0.533 bits per heavy atom. The largest absolute Gasteiger partial charge is 0.491 e. The van der Waals surface area contributed by atoms with Crippen LogP contribution in [0.25, 0.3) is 0 Å². The summed E-state index contributed by atoms with van der Waals surface area (Å²) < 4.78 is 81.8. The van der Waals surface area contributed by atoms with Gasteiger partial charge in [0.2, 0.25) is 0 Å². The highest BCUT2D eigenvalue weighted by molar-refractivity contribution is 5.90. The summed E-state index contributed by atoms with van der Waals surface area (Å²) >= 11 is 0. The standard InChI is InChI=1S/C29H36O8.C27H32O6.C24H39NO8.C23H37NO8/c1-19(2)27(32)36-17-23(30)15-34-25-11-7-21(8-12-25)29(5,6)22-9-13-26(14-10-22)35-16-24(31)18-37-28(33)20(3)4;1-19(2)25(28)32-17-15-30-23-11-7-21(8-12-23)27(5,6)22-9-13-24(14-10-22)31-16-18-33-26(29)20(3)4;1-17(2)21(27)31-13-12-30-20(26)8-10-24(6,7)16-19(5)9-11-25-23(29)33-15-14-32-22(28)18(3)4;1-16(2)21(26)30-12-11-29-20(25)8-7-18(5)15-19(6)9-10-24-23(28)32-14-13-31-22(27)17(3)4/h7-14,23-24,30-31H,1,3,15-18H2,2,4-6H3;7-14H,1,3,15-18H2,2,4-6H3;19H,1,3,8-16H2,2,4-7H3,(H,25,29);18-19H,1,3,7-15H2,2,4-6H3,(H,24,28). The monoisotopic (exact) mass is 1890 g/mol. The fraction of sp³-hybridized carbons (Fsp3) is 0.495. The molecule has 5 atom stereocenters. The quantitative estimate of drug-likeness (QED) is 0.0138. The minimum absolute atomic E-state index is 0.00688. The normalized spacial score (nSPS) is 11.8. The molecule has 32 heteroatoms. The van der Waals surface area contributed by atoms with Gasteiger partial charge in [-0.1, -0.05) is 163 Å². The number of esters is 10. The van der Waals surface area contributed by atoms with E-state index in [9.17, 15) is 67.7 Å². The molecule has 0 aliphatic rings. The molecule has 32 nitrogen and oxygen atoms in total. The van der Waals surface area contributed by atoms with Gasteiger partial charge in [0, 0.05) is 81.3 Å². The summed E-state index contributed by atoms with van der Waals surface area (Å²) in [5.41, 5.74) is 6.18. The number of aliphatic hydroxyl groups excluding tert-OH is 2. The van der Waals surface area contributed by atoms with E-state index < -0.39 is 72.1 Å². The Balaban J connectivity index is 0.000000902. The third kappa shape index (κ3) is 54.8. The van der Waals surface area contributed by atoms with Crippen LogP contribution in [0, 0.1) is 23.2 Å². The van der Waals surface area contributed by atoms with Crippen molar-refractivity contribution in [3.63, 3.8) is 0 Å². The lowest BCUT2D eigenvalue weighted by atomic mass is 9.78. The molecule has 0 aliphatic carbocycles. The molecule has 0 fully saturated rings. The summed E-state index contributed by atoms with van der Waals surface area (Å²) in [4.78, 5) is 137. The van der Waals surface area contributed by atoms with Crippen LogP contribution in [0.1, 0.15) is 191 Å². The third-order valence-electron chi connectivity index (χ3n) is 19.6. The van der Waals surface area contributed by atoms with Crippen molar-refractivity contribution in [3.05, 3.63) is 217 Å². The van der Waals surface area contributed by atoms with Crippen molar-refractivity contribution in [1.29, 1.82) is 0 Å². The summed E-state index contributed by atoms with van der Waals surface area (Å²) in [5.74, 6) is -1.09. The lowest BCUT2D eigenvalue weighted by molar-refractivity contribution is -0.150. The fourth-order valence-electron chi connectivity index (χ4n) is 11.7. The smallest absolute Gasteiger partial charge is 0.407 e. The van der Waals surface area contributed by atoms with E-state index in [1.807, 2.05) is 97.1 Å². The molecule has 0 heterocycles. The zero-order valence-electron chi connectivity index (χ0n) is 82.0. The summed E-state index contributed by atoms with van der Waals surface area (Å²) in [6, 6.07) is 30.8. The van der Waals surface area contributed by atoms with Crippen molar-refractivity contribution in [3.8, 4) is 23.0 Å². The van der Waals surface area contributed by atoms with Gasteiger partial charge in [-0.15, -0.1) is 0 Å². The molecule has 135 heavy (non-hydrogen) atoms. The molecule has 0 bridgehead atoms. The SMILES string of the molecule is C=C(C)C(=O)OCC(O)COc1ccc(C(C)(C)c2ccc(OCC(O)COC(=O)C(=C)C)cc2)cc1.C=C(C)C(=O)OCCOC(=O)CCC(C)(C)CC(C)CCNC(=O)OCCOC(=O)C(=C)C.C=C(C)C(=O)OCCOC(=O)CCC(C)CC(C)CCNC(=O)OCCOC(=O)C(=C)C.C=C(C)C(=O)OCCOc1ccc(C(C)(C)c2ccc(OCCOC(=O)C(=C)C)cc2)cc1. The number of hydrogen-bond donors (Lipinski definition) is 4. The summed E-state index contributed by atoms with van der Waals surface area (Å²) in [6.07, 6.45) is 2.16. The van der Waals surface area contributed by atoms with Crippen LogP contribution in [0.15, 0.2) is 194 Å². The van der Waals surface area contributed by atoms with Gasteiger partial charge >= 0.3 is 71.9 Å². The van der Waals surface area contributed by atoms with E-state index in [0.717, 1.165) is 47.9 Å². The number of hydrogen-bond acceptors (Lipinski definition) is 30. The van der Waals surface area contributed by atoms with Crippen LogP contribution in [0.2, 0.25) is 0 Å². The van der Waals surface area contributed by atoms with Crippen molar-refractivity contribution < 1.29 is 144 Å². The number of nitrogens with one attached hydrogen (secondary N) is 2. The van der Waals surface area contributed by atoms with Crippen LogP contribution in [-0.2, 0) is 116 Å². The number of carbonyl (C=O) groups is 12. The van der Waals surface area contributed by atoms with E-state index in [4.69, 9.17) is 75.8 Å². The number of alkyl carbamates (subject to hydrolysis) is 2. The second-order valence-corrected chi connectivity index (χ2v) is 34.3. The van der Waals surface area contributed by atoms with Crippen molar-refractivity contribution in [2.24, 2.45) is 23.2 Å². The van der Waals surface area contributed by atoms with Gasteiger partial charge in [0.05, 0.1) is 0 Å². The van der Waals surface area contributed by atoms with Gasteiger partial charge in [-0.3, -0.25) is 9.59 Å². The van der Waals surface area contributed by atoms with Gasteiger partial charge in [-0.25, -0.2) is 47.9 Å². The number of benzene rings is 4. The second-order valence-electron chi connectivity index (χ2n) is 34.3. The molecule has 4 aromatic rings. The first-order valence-corrected chi connectivity index (χ1v) is 44.4. The summed E-state index contributed by atoms with van der Waals surface area (Å²) in [7, 11) is 0. The molecule has 5 unspecified atom stereocenters. The first-order valence-electron chi connectivity index (χ1n) is 44.4. The lowest BCUT2D eigenvalue weighted by Crippen LogP contribution is -2.28. The Morgan fingerprint density at radius 3 is 0.822 bits per heavy atom. The minimum Gasteiger partial charge on any atom is -0.491 e. The minimum atomic E-state index is -0.951. The highest BCUT2D eigenvalue weighted by Gasteiger charge is 2.28. The van der Waals surface area contributed by atoms with E-state index in [-0.39, 0.29) is 163 Å². The molecule has 2 amide bonds. The van der Waals surface area contributed by atoms with E-state index in [0.29, 0.717) is 95.4 Å². The van der Waals surface area contributed by atoms with Crippen molar-refractivity contribution in [2.75, 3.05) is 119 Å². The Hall–Kier alpha value is -12.8. The number of ether oxygens (including phenoxy) is 16. The highest BCUT2D eigenvalue weighted by Crippen LogP contribution is 2.36. The Labute approximate surface area is 795 Å². The summed E-state index contributed by atoms with van der Waals surface area (Å²) in [5, 5.41) is 25.2. The molecule has 4 aromatic carbocycles. The molecule has 0 aromatic heterocycles. The maximum atomic E-state index is 11.9. The predicted octanol–water partition coefficient (Wildman–Crippen LogP) is 15.8. The van der Waals surface area contributed by atoms with E-state index in [1.54, 1.807) is 27.7 Å². The van der Waals surface area contributed by atoms with Gasteiger partial charge in [-0.2, -0.15) is 0 Å². The van der Waals surface area contributed by atoms with Crippen molar-refractivity contribution in [2.45, 2.75) is 192 Å². The average molecular weight is 1890 g/mol. The van der Waals surface area contributed by atoms with Crippen molar-refractivity contribution >= 4 is 71.9 Å². The highest BCUT2D eigenvalue weighted by atomic mass is 16.6. The molecule has 4 rings (SSSR count). The molecule has 0 saturated carbocycles. The van der Waals surface area contributed by atoms with Crippen LogP contribution in [0.3, 0.4) is 0 Å². The number of amides is 2. The first-order chi connectivity index (χ1) is 63.4. The predicted molar refractivity (Wildman–Crippen MR) is 509 cm³/mol. The number of carbonyl (C=O) groups excluding carboxylic acids is 12. The zero-order valence-corrected chi connectivity index (χ0v) is 82.0. The molecule has 0 saturated heterocycles. The molecule has 0 aliphatic heterocycles. The van der Waals surface area contributed by atoms with Crippen molar-refractivity contribution in [1.82, 2.24) is 10.6 Å². The second kappa shape index (κ2) is 64.9. The molecule has 0 radical (unpaired) electrons. The number of rotatable bonds is 58. The van der Waals surface area contributed by atoms with Crippen LogP contribution in [-0.4, -0.2) is 213 Å². The van der Waals surface area contributed by atoms with Gasteiger partial charge < -0.3 is 96.6 Å².